The molecule has 0 atom stereocenters. The van der Waals surface area contributed by atoms with Crippen molar-refractivity contribution in [3.8, 4) is 5.75 Å². The maximum absolute atomic E-state index is 13.9. The van der Waals surface area contributed by atoms with Gasteiger partial charge in [0.2, 0.25) is 5.91 Å². The van der Waals surface area contributed by atoms with Crippen LogP contribution in [0.5, 0.6) is 5.75 Å². The van der Waals surface area contributed by atoms with Crippen molar-refractivity contribution >= 4 is 49.9 Å². The van der Waals surface area contributed by atoms with E-state index in [2.05, 4.69) is 15.2 Å². The minimum atomic E-state index is -0.299. The lowest BCUT2D eigenvalue weighted by Gasteiger charge is -2.31. The van der Waals surface area contributed by atoms with Crippen molar-refractivity contribution in [3.63, 3.8) is 0 Å². The zero-order valence-electron chi connectivity index (χ0n) is 15.2. The lowest BCUT2D eigenvalue weighted by atomic mass is 9.96. The van der Waals surface area contributed by atoms with Gasteiger partial charge in [-0.15, -0.1) is 0 Å². The summed E-state index contributed by atoms with van der Waals surface area (Å²) in [7, 11) is 1.55. The first kappa shape index (κ1) is 19.0. The summed E-state index contributed by atoms with van der Waals surface area (Å²) in [4.78, 5) is 19.2. The molecule has 2 aromatic carbocycles. The van der Waals surface area contributed by atoms with Crippen LogP contribution in [0.3, 0.4) is 0 Å². The Balaban J connectivity index is 1.38. The van der Waals surface area contributed by atoms with Crippen LogP contribution in [0.15, 0.2) is 36.4 Å². The van der Waals surface area contributed by atoms with Crippen molar-refractivity contribution in [3.05, 3.63) is 47.2 Å². The summed E-state index contributed by atoms with van der Waals surface area (Å²) in [5.74, 6) is 0.173. The minimum Gasteiger partial charge on any atom is -0.495 e. The van der Waals surface area contributed by atoms with Gasteiger partial charge in [-0.25, -0.2) is 9.37 Å². The molecule has 1 saturated heterocycles. The van der Waals surface area contributed by atoms with Crippen molar-refractivity contribution in [2.24, 2.45) is 5.92 Å². The van der Waals surface area contributed by atoms with Gasteiger partial charge in [-0.1, -0.05) is 29.0 Å². The largest absolute Gasteiger partial charge is 0.495 e. The number of carbonyl (C=O) groups excluding carboxylic acids is 1. The molecule has 0 spiro atoms. The maximum Gasteiger partial charge on any atom is 0.227 e. The van der Waals surface area contributed by atoms with E-state index in [-0.39, 0.29) is 17.6 Å². The quantitative estimate of drug-likeness (QED) is 0.649. The van der Waals surface area contributed by atoms with Crippen LogP contribution < -0.4 is 15.0 Å². The van der Waals surface area contributed by atoms with E-state index in [1.165, 1.54) is 17.4 Å². The lowest BCUT2D eigenvalue weighted by molar-refractivity contribution is -0.120. The minimum absolute atomic E-state index is 0.0174. The first-order valence-electron chi connectivity index (χ1n) is 8.99. The van der Waals surface area contributed by atoms with E-state index in [0.717, 1.165) is 9.83 Å². The molecule has 146 valence electrons. The second kappa shape index (κ2) is 7.93. The Morgan fingerprint density at radius 2 is 2.11 bits per heavy atom. The average molecular weight is 420 g/mol. The molecular formula is C20H19ClFN3O2S. The molecule has 1 fully saturated rings. The third kappa shape index (κ3) is 3.77. The number of aromatic nitrogens is 1. The monoisotopic (exact) mass is 419 g/mol. The van der Waals surface area contributed by atoms with Gasteiger partial charge in [-0.3, -0.25) is 4.79 Å². The Labute approximate surface area is 171 Å². The van der Waals surface area contributed by atoms with Crippen molar-refractivity contribution < 1.29 is 13.9 Å². The van der Waals surface area contributed by atoms with E-state index in [0.29, 0.717) is 47.9 Å². The fraction of sp³-hybridized carbons (Fsp3) is 0.300. The summed E-state index contributed by atoms with van der Waals surface area (Å²) in [5.41, 5.74) is 1.07. The molecule has 8 heteroatoms. The summed E-state index contributed by atoms with van der Waals surface area (Å²) in [6, 6.07) is 10.2. The summed E-state index contributed by atoms with van der Waals surface area (Å²) in [5, 5.41) is 4.19. The summed E-state index contributed by atoms with van der Waals surface area (Å²) in [6.45, 7) is 1.42. The highest BCUT2D eigenvalue weighted by Gasteiger charge is 2.27. The van der Waals surface area contributed by atoms with E-state index < -0.39 is 0 Å². The number of ether oxygens (including phenoxy) is 1. The number of anilines is 2. The van der Waals surface area contributed by atoms with Gasteiger partial charge < -0.3 is 15.0 Å². The predicted octanol–water partition coefficient (Wildman–Crippen LogP) is 4.95. The fourth-order valence-corrected chi connectivity index (χ4v) is 4.65. The number of benzene rings is 2. The van der Waals surface area contributed by atoms with Crippen LogP contribution in [0.25, 0.3) is 10.2 Å². The van der Waals surface area contributed by atoms with Crippen LogP contribution in [0.2, 0.25) is 5.02 Å². The first-order valence-corrected chi connectivity index (χ1v) is 10.2. The Hall–Kier alpha value is -2.38. The fourth-order valence-electron chi connectivity index (χ4n) is 3.36. The highest BCUT2D eigenvalue weighted by molar-refractivity contribution is 7.22. The molecular weight excluding hydrogens is 401 g/mol. The number of amides is 1. The van der Waals surface area contributed by atoms with Gasteiger partial charge in [0.05, 0.1) is 16.8 Å². The van der Waals surface area contributed by atoms with E-state index in [1.807, 2.05) is 6.07 Å². The van der Waals surface area contributed by atoms with Crippen LogP contribution >= 0.6 is 22.9 Å². The Bertz CT molecular complexity index is 1020. The number of hydrogen-bond acceptors (Lipinski definition) is 5. The molecule has 1 aliphatic heterocycles. The van der Waals surface area contributed by atoms with Gasteiger partial charge >= 0.3 is 0 Å². The zero-order chi connectivity index (χ0) is 19.7. The van der Waals surface area contributed by atoms with E-state index >= 15 is 0 Å². The number of fused-ring (bicyclic) bond motifs is 1. The zero-order valence-corrected chi connectivity index (χ0v) is 16.8. The number of carbonyl (C=O) groups is 1. The molecule has 0 unspecified atom stereocenters. The smallest absolute Gasteiger partial charge is 0.227 e. The molecule has 2 heterocycles. The summed E-state index contributed by atoms with van der Waals surface area (Å²) >= 11 is 7.60. The van der Waals surface area contributed by atoms with Gasteiger partial charge in [-0.2, -0.15) is 0 Å². The SMILES string of the molecule is COc1ccc(NC(=O)C2CCN(c3nc4c(F)cccc4s3)CC2)cc1Cl. The molecule has 0 radical (unpaired) electrons. The first-order chi connectivity index (χ1) is 13.5. The standard InChI is InChI=1S/C20H19ClFN3O2S/c1-27-16-6-5-13(11-14(16)21)23-19(26)12-7-9-25(10-8-12)20-24-18-15(22)3-2-4-17(18)28-20/h2-6,11-12H,7-10H2,1H3,(H,23,26). The van der Waals surface area contributed by atoms with Gasteiger partial charge in [0.25, 0.3) is 0 Å². The molecule has 5 nitrogen and oxygen atoms in total. The molecule has 0 aliphatic carbocycles. The molecule has 3 aromatic rings. The lowest BCUT2D eigenvalue weighted by Crippen LogP contribution is -2.38. The van der Waals surface area contributed by atoms with Crippen LogP contribution in [0, 0.1) is 11.7 Å². The third-order valence-electron chi connectivity index (χ3n) is 4.91. The van der Waals surface area contributed by atoms with Crippen molar-refractivity contribution in [2.75, 3.05) is 30.4 Å². The number of thiazole rings is 1. The number of hydrogen-bond donors (Lipinski definition) is 1. The number of piperidine rings is 1. The normalized spacial score (nSPS) is 15.0. The summed E-state index contributed by atoms with van der Waals surface area (Å²) in [6.07, 6.45) is 1.43. The van der Waals surface area contributed by atoms with E-state index in [1.54, 1.807) is 31.4 Å². The molecule has 1 N–H and O–H groups in total. The van der Waals surface area contributed by atoms with Crippen molar-refractivity contribution in [1.82, 2.24) is 4.98 Å². The van der Waals surface area contributed by atoms with Gasteiger partial charge in [0.15, 0.2) is 5.13 Å². The Morgan fingerprint density at radius 3 is 2.79 bits per heavy atom. The number of methoxy groups -OCH3 is 1. The van der Waals surface area contributed by atoms with E-state index in [9.17, 15) is 9.18 Å². The van der Waals surface area contributed by atoms with Crippen LogP contribution in [-0.4, -0.2) is 31.1 Å². The van der Waals surface area contributed by atoms with Gasteiger partial charge in [0.1, 0.15) is 17.1 Å². The molecule has 4 rings (SSSR count). The molecule has 0 saturated carbocycles. The van der Waals surface area contributed by atoms with Crippen LogP contribution in [-0.2, 0) is 4.79 Å². The Morgan fingerprint density at radius 1 is 1.32 bits per heavy atom. The number of rotatable bonds is 4. The third-order valence-corrected chi connectivity index (χ3v) is 6.29. The second-order valence-corrected chi connectivity index (χ2v) is 8.10. The average Bonchev–Trinajstić information content (AvgIpc) is 3.14. The van der Waals surface area contributed by atoms with Crippen LogP contribution in [0.1, 0.15) is 12.8 Å². The molecule has 28 heavy (non-hydrogen) atoms. The van der Waals surface area contributed by atoms with E-state index in [4.69, 9.17) is 16.3 Å². The van der Waals surface area contributed by atoms with Crippen LogP contribution in [0.4, 0.5) is 15.2 Å². The number of halogens is 2. The molecule has 1 aromatic heterocycles. The highest BCUT2D eigenvalue weighted by Crippen LogP contribution is 2.33. The topological polar surface area (TPSA) is 54.5 Å². The van der Waals surface area contributed by atoms with Crippen molar-refractivity contribution in [2.45, 2.75) is 12.8 Å². The predicted molar refractivity (Wildman–Crippen MR) is 111 cm³/mol. The number of nitrogens with one attached hydrogen (secondary N) is 1. The molecule has 0 bridgehead atoms. The van der Waals surface area contributed by atoms with Gasteiger partial charge in [-0.05, 0) is 43.2 Å². The number of nitrogens with zero attached hydrogens (tertiary/aromatic N) is 2. The Kier molecular flexibility index (Phi) is 5.37. The van der Waals surface area contributed by atoms with Crippen molar-refractivity contribution in [1.29, 1.82) is 0 Å². The highest BCUT2D eigenvalue weighted by atomic mass is 35.5. The number of para-hydroxylation sites is 1. The second-order valence-electron chi connectivity index (χ2n) is 6.68. The maximum atomic E-state index is 13.9. The summed E-state index contributed by atoms with van der Waals surface area (Å²) < 4.78 is 19.8. The molecule has 1 amide bonds. The molecule has 1 aliphatic rings. The van der Waals surface area contributed by atoms with Gasteiger partial charge in [0, 0.05) is 24.7 Å².